The van der Waals surface area contributed by atoms with E-state index in [0.29, 0.717) is 0 Å². The Labute approximate surface area is 107 Å². The van der Waals surface area contributed by atoms with E-state index in [1.54, 1.807) is 11.3 Å². The highest BCUT2D eigenvalue weighted by Gasteiger charge is 2.32. The van der Waals surface area contributed by atoms with Crippen molar-refractivity contribution in [2.24, 2.45) is 5.41 Å². The van der Waals surface area contributed by atoms with Crippen molar-refractivity contribution in [3.05, 3.63) is 22.4 Å². The van der Waals surface area contributed by atoms with E-state index >= 15 is 0 Å². The highest BCUT2D eigenvalue weighted by Crippen LogP contribution is 2.27. The standard InChI is InChI=1S/C13H20N2OS/c1-13(2,10-11-4-3-9-17-11)12(16)15-7-5-14-6-8-15/h3-4,9,14H,5-8,10H2,1-2H3. The molecule has 1 saturated heterocycles. The van der Waals surface area contributed by atoms with Gasteiger partial charge in [-0.05, 0) is 17.9 Å². The minimum absolute atomic E-state index is 0.285. The summed E-state index contributed by atoms with van der Waals surface area (Å²) in [6, 6.07) is 4.16. The summed E-state index contributed by atoms with van der Waals surface area (Å²) in [6.07, 6.45) is 0.841. The van der Waals surface area contributed by atoms with Crippen LogP contribution in [0.15, 0.2) is 17.5 Å². The Kier molecular flexibility index (Phi) is 3.84. The number of piperazine rings is 1. The maximum Gasteiger partial charge on any atom is 0.228 e. The molecule has 0 bridgehead atoms. The summed E-state index contributed by atoms with van der Waals surface area (Å²) in [5.74, 6) is 0.285. The van der Waals surface area contributed by atoms with Crippen LogP contribution < -0.4 is 5.32 Å². The van der Waals surface area contributed by atoms with Gasteiger partial charge >= 0.3 is 0 Å². The van der Waals surface area contributed by atoms with Crippen molar-refractivity contribution < 1.29 is 4.79 Å². The predicted octanol–water partition coefficient (Wildman–Crippen LogP) is 1.75. The molecule has 0 unspecified atom stereocenters. The van der Waals surface area contributed by atoms with Crippen molar-refractivity contribution in [2.45, 2.75) is 20.3 Å². The van der Waals surface area contributed by atoms with Crippen molar-refractivity contribution in [1.29, 1.82) is 0 Å². The number of nitrogens with one attached hydrogen (secondary N) is 1. The van der Waals surface area contributed by atoms with Crippen LogP contribution in [0.5, 0.6) is 0 Å². The van der Waals surface area contributed by atoms with Crippen LogP contribution in [-0.4, -0.2) is 37.0 Å². The summed E-state index contributed by atoms with van der Waals surface area (Å²) in [5, 5.41) is 5.34. The molecule has 0 aliphatic carbocycles. The maximum absolute atomic E-state index is 12.4. The summed E-state index contributed by atoms with van der Waals surface area (Å²) in [6.45, 7) is 7.62. The molecule has 0 atom stereocenters. The van der Waals surface area contributed by atoms with Gasteiger partial charge in [-0.1, -0.05) is 19.9 Å². The second kappa shape index (κ2) is 5.19. The van der Waals surface area contributed by atoms with Crippen LogP contribution in [0.1, 0.15) is 18.7 Å². The van der Waals surface area contributed by atoms with Crippen LogP contribution in [0.2, 0.25) is 0 Å². The first-order valence-corrected chi connectivity index (χ1v) is 7.00. The highest BCUT2D eigenvalue weighted by molar-refractivity contribution is 7.09. The van der Waals surface area contributed by atoms with Crippen LogP contribution in [0.4, 0.5) is 0 Å². The molecule has 1 fully saturated rings. The Bertz CT molecular complexity index is 367. The fourth-order valence-corrected chi connectivity index (χ4v) is 3.15. The van der Waals surface area contributed by atoms with Crippen LogP contribution >= 0.6 is 11.3 Å². The van der Waals surface area contributed by atoms with Gasteiger partial charge in [-0.3, -0.25) is 4.79 Å². The quantitative estimate of drug-likeness (QED) is 0.889. The lowest BCUT2D eigenvalue weighted by Crippen LogP contribution is -2.51. The largest absolute Gasteiger partial charge is 0.340 e. The predicted molar refractivity (Wildman–Crippen MR) is 71.3 cm³/mol. The molecule has 1 aliphatic rings. The molecule has 1 amide bonds. The number of nitrogens with zero attached hydrogens (tertiary/aromatic N) is 1. The smallest absolute Gasteiger partial charge is 0.228 e. The second-order valence-corrected chi connectivity index (χ2v) is 6.21. The Balaban J connectivity index is 2.00. The van der Waals surface area contributed by atoms with Crippen LogP contribution in [0, 0.1) is 5.41 Å². The van der Waals surface area contributed by atoms with E-state index in [4.69, 9.17) is 0 Å². The van der Waals surface area contributed by atoms with Gasteiger partial charge in [0.1, 0.15) is 0 Å². The molecule has 1 aromatic rings. The first kappa shape index (κ1) is 12.6. The van der Waals surface area contributed by atoms with Crippen LogP contribution in [-0.2, 0) is 11.2 Å². The zero-order valence-electron chi connectivity index (χ0n) is 10.5. The summed E-state index contributed by atoms with van der Waals surface area (Å²) >= 11 is 1.73. The molecule has 2 rings (SSSR count). The zero-order chi connectivity index (χ0) is 12.3. The van der Waals surface area contributed by atoms with Crippen molar-refractivity contribution in [3.63, 3.8) is 0 Å². The molecule has 1 aromatic heterocycles. The number of hydrogen-bond donors (Lipinski definition) is 1. The SMILES string of the molecule is CC(C)(Cc1cccs1)C(=O)N1CCNCC1. The lowest BCUT2D eigenvalue weighted by molar-refractivity contribution is -0.140. The van der Waals surface area contributed by atoms with Gasteiger partial charge in [0.25, 0.3) is 0 Å². The van der Waals surface area contributed by atoms with E-state index in [2.05, 4.69) is 30.6 Å². The number of hydrogen-bond acceptors (Lipinski definition) is 3. The fraction of sp³-hybridized carbons (Fsp3) is 0.615. The molecule has 3 nitrogen and oxygen atoms in total. The molecule has 1 N–H and O–H groups in total. The molecule has 0 aromatic carbocycles. The Hall–Kier alpha value is -0.870. The summed E-state index contributed by atoms with van der Waals surface area (Å²) in [7, 11) is 0. The van der Waals surface area contributed by atoms with E-state index in [-0.39, 0.29) is 11.3 Å². The number of rotatable bonds is 3. The van der Waals surface area contributed by atoms with Gasteiger partial charge < -0.3 is 10.2 Å². The topological polar surface area (TPSA) is 32.3 Å². The average molecular weight is 252 g/mol. The van der Waals surface area contributed by atoms with Gasteiger partial charge in [0.2, 0.25) is 5.91 Å². The van der Waals surface area contributed by atoms with Crippen molar-refractivity contribution >= 4 is 17.2 Å². The van der Waals surface area contributed by atoms with Gasteiger partial charge in [0.05, 0.1) is 0 Å². The Morgan fingerprint density at radius 1 is 1.47 bits per heavy atom. The van der Waals surface area contributed by atoms with Gasteiger partial charge in [0, 0.05) is 36.5 Å². The number of carbonyl (C=O) groups excluding carboxylic acids is 1. The molecule has 1 aliphatic heterocycles. The second-order valence-electron chi connectivity index (χ2n) is 5.18. The lowest BCUT2D eigenvalue weighted by atomic mass is 9.86. The van der Waals surface area contributed by atoms with E-state index in [1.807, 2.05) is 11.0 Å². The first-order valence-electron chi connectivity index (χ1n) is 6.12. The molecule has 0 saturated carbocycles. The molecule has 0 spiro atoms. The van der Waals surface area contributed by atoms with Crippen molar-refractivity contribution in [3.8, 4) is 0 Å². The molecule has 4 heteroatoms. The maximum atomic E-state index is 12.4. The van der Waals surface area contributed by atoms with Gasteiger partial charge in [0.15, 0.2) is 0 Å². The molecule has 0 radical (unpaired) electrons. The van der Waals surface area contributed by atoms with Crippen molar-refractivity contribution in [2.75, 3.05) is 26.2 Å². The van der Waals surface area contributed by atoms with E-state index in [0.717, 1.165) is 32.6 Å². The van der Waals surface area contributed by atoms with E-state index < -0.39 is 0 Å². The molecule has 2 heterocycles. The summed E-state index contributed by atoms with van der Waals surface area (Å²) in [5.41, 5.74) is -0.289. The first-order chi connectivity index (χ1) is 8.09. The van der Waals surface area contributed by atoms with E-state index in [1.165, 1.54) is 4.88 Å². The third-order valence-electron chi connectivity index (χ3n) is 3.18. The van der Waals surface area contributed by atoms with Crippen LogP contribution in [0.3, 0.4) is 0 Å². The van der Waals surface area contributed by atoms with Gasteiger partial charge in [-0.2, -0.15) is 0 Å². The lowest BCUT2D eigenvalue weighted by Gasteiger charge is -2.34. The average Bonchev–Trinajstić information content (AvgIpc) is 2.81. The zero-order valence-corrected chi connectivity index (χ0v) is 11.3. The minimum atomic E-state index is -0.289. The third kappa shape index (κ3) is 3.07. The molecular formula is C13H20N2OS. The molecule has 94 valence electrons. The summed E-state index contributed by atoms with van der Waals surface area (Å²) in [4.78, 5) is 15.7. The third-order valence-corrected chi connectivity index (χ3v) is 4.06. The van der Waals surface area contributed by atoms with E-state index in [9.17, 15) is 4.79 Å². The Morgan fingerprint density at radius 2 is 2.18 bits per heavy atom. The normalized spacial score (nSPS) is 17.2. The Morgan fingerprint density at radius 3 is 2.76 bits per heavy atom. The van der Waals surface area contributed by atoms with Gasteiger partial charge in [-0.25, -0.2) is 0 Å². The number of amides is 1. The van der Waals surface area contributed by atoms with Crippen LogP contribution in [0.25, 0.3) is 0 Å². The monoisotopic (exact) mass is 252 g/mol. The van der Waals surface area contributed by atoms with Gasteiger partial charge in [-0.15, -0.1) is 11.3 Å². The molecule has 17 heavy (non-hydrogen) atoms. The number of carbonyl (C=O) groups is 1. The number of thiophene rings is 1. The van der Waals surface area contributed by atoms with Crippen molar-refractivity contribution in [1.82, 2.24) is 10.2 Å². The fourth-order valence-electron chi connectivity index (χ4n) is 2.22. The highest BCUT2D eigenvalue weighted by atomic mass is 32.1. The summed E-state index contributed by atoms with van der Waals surface area (Å²) < 4.78 is 0. The molecular weight excluding hydrogens is 232 g/mol. The minimum Gasteiger partial charge on any atom is -0.340 e.